The predicted octanol–water partition coefficient (Wildman–Crippen LogP) is 13.1. The Kier molecular flexibility index (Phi) is 7.80. The molecular formula is C52H38N4. The minimum Gasteiger partial charge on any atom is -0.309 e. The van der Waals surface area contributed by atoms with Gasteiger partial charge in [-0.2, -0.15) is 0 Å². The van der Waals surface area contributed by atoms with Gasteiger partial charge in [-0.15, -0.1) is 0 Å². The van der Waals surface area contributed by atoms with E-state index in [0.29, 0.717) is 17.5 Å². The van der Waals surface area contributed by atoms with Crippen molar-refractivity contribution in [2.75, 3.05) is 0 Å². The fraction of sp³-hybridized carbons (Fsp3) is 0.0962. The summed E-state index contributed by atoms with van der Waals surface area (Å²) < 4.78 is 2.34. The maximum atomic E-state index is 5.20. The second-order valence-electron chi connectivity index (χ2n) is 15.0. The molecule has 0 bridgehead atoms. The Balaban J connectivity index is 1.05. The van der Waals surface area contributed by atoms with Gasteiger partial charge in [-0.05, 0) is 113 Å². The highest BCUT2D eigenvalue weighted by Crippen LogP contribution is 2.40. The van der Waals surface area contributed by atoms with Crippen molar-refractivity contribution in [1.82, 2.24) is 19.5 Å². The summed E-state index contributed by atoms with van der Waals surface area (Å²) >= 11 is 0. The summed E-state index contributed by atoms with van der Waals surface area (Å²) in [5.74, 6) is 1.94. The summed E-state index contributed by atoms with van der Waals surface area (Å²) in [6, 6.07) is 51.7. The van der Waals surface area contributed by atoms with Gasteiger partial charge >= 0.3 is 0 Å². The summed E-state index contributed by atoms with van der Waals surface area (Å²) in [5.41, 5.74) is 14.5. The highest BCUT2D eigenvalue weighted by atomic mass is 15.0. The molecule has 0 fully saturated rings. The summed E-state index contributed by atoms with van der Waals surface area (Å²) in [5, 5.41) is 5.15. The van der Waals surface area contributed by atoms with Crippen molar-refractivity contribution in [2.45, 2.75) is 32.1 Å². The lowest BCUT2D eigenvalue weighted by molar-refractivity contribution is 0.832. The molecule has 0 N–H and O–H groups in total. The highest BCUT2D eigenvalue weighted by Gasteiger charge is 2.21. The molecular weight excluding hydrogens is 681 g/mol. The van der Waals surface area contributed by atoms with Crippen molar-refractivity contribution in [2.24, 2.45) is 0 Å². The van der Waals surface area contributed by atoms with Crippen LogP contribution in [-0.2, 0) is 12.8 Å². The fourth-order valence-electron chi connectivity index (χ4n) is 8.98. The van der Waals surface area contributed by atoms with Gasteiger partial charge in [-0.25, -0.2) is 15.0 Å². The van der Waals surface area contributed by atoms with Gasteiger partial charge in [-0.1, -0.05) is 133 Å². The van der Waals surface area contributed by atoms with Gasteiger partial charge in [0, 0.05) is 33.2 Å². The van der Waals surface area contributed by atoms with Gasteiger partial charge in [0.05, 0.1) is 11.0 Å². The molecule has 11 rings (SSSR count). The quantitative estimate of drug-likeness (QED) is 0.178. The number of para-hydroxylation sites is 2. The van der Waals surface area contributed by atoms with Gasteiger partial charge in [0.1, 0.15) is 0 Å². The van der Waals surface area contributed by atoms with Crippen molar-refractivity contribution in [1.29, 1.82) is 0 Å². The van der Waals surface area contributed by atoms with Crippen LogP contribution in [0.3, 0.4) is 0 Å². The van der Waals surface area contributed by atoms with E-state index in [2.05, 4.69) is 156 Å². The van der Waals surface area contributed by atoms with Crippen LogP contribution in [-0.4, -0.2) is 19.5 Å². The van der Waals surface area contributed by atoms with E-state index in [1.54, 1.807) is 11.1 Å². The minimum atomic E-state index is 0.639. The van der Waals surface area contributed by atoms with Gasteiger partial charge in [0.15, 0.2) is 17.5 Å². The zero-order valence-electron chi connectivity index (χ0n) is 31.0. The first-order chi connectivity index (χ1) is 27.8. The molecule has 0 spiro atoms. The Morgan fingerprint density at radius 1 is 0.393 bits per heavy atom. The minimum absolute atomic E-state index is 0.639. The van der Waals surface area contributed by atoms with Crippen LogP contribution in [0.15, 0.2) is 158 Å². The summed E-state index contributed by atoms with van der Waals surface area (Å²) in [6.45, 7) is 0. The van der Waals surface area contributed by atoms with Crippen molar-refractivity contribution in [3.05, 3.63) is 180 Å². The fourth-order valence-corrected chi connectivity index (χ4v) is 8.98. The number of hydrogen-bond acceptors (Lipinski definition) is 3. The molecule has 0 aliphatic heterocycles. The van der Waals surface area contributed by atoms with Crippen LogP contribution >= 0.6 is 0 Å². The zero-order chi connectivity index (χ0) is 37.0. The largest absolute Gasteiger partial charge is 0.309 e. The normalized spacial score (nSPS) is 13.6. The third kappa shape index (κ3) is 5.48. The molecule has 0 amide bonds. The molecule has 0 unspecified atom stereocenters. The number of aromatic nitrogens is 4. The van der Waals surface area contributed by atoms with Crippen LogP contribution < -0.4 is 0 Å². The summed E-state index contributed by atoms with van der Waals surface area (Å²) in [4.78, 5) is 15.4. The molecule has 0 radical (unpaired) electrons. The third-order valence-electron chi connectivity index (χ3n) is 11.6. The van der Waals surface area contributed by atoms with Crippen molar-refractivity contribution >= 4 is 44.7 Å². The van der Waals surface area contributed by atoms with Crippen molar-refractivity contribution in [3.8, 4) is 51.0 Å². The molecule has 2 heterocycles. The number of benzene rings is 7. The van der Waals surface area contributed by atoms with E-state index in [4.69, 9.17) is 15.0 Å². The average molecular weight is 719 g/mol. The molecule has 2 aromatic heterocycles. The Morgan fingerprint density at radius 2 is 0.964 bits per heavy atom. The first kappa shape index (κ1) is 32.5. The van der Waals surface area contributed by atoms with Crippen molar-refractivity contribution < 1.29 is 0 Å². The maximum absolute atomic E-state index is 5.20. The topological polar surface area (TPSA) is 43.6 Å². The number of allylic oxidation sites excluding steroid dienone is 2. The van der Waals surface area contributed by atoms with Gasteiger partial charge in [0.2, 0.25) is 0 Å². The molecule has 56 heavy (non-hydrogen) atoms. The molecule has 9 aromatic rings. The summed E-state index contributed by atoms with van der Waals surface area (Å²) in [7, 11) is 0. The first-order valence-corrected chi connectivity index (χ1v) is 19.7. The van der Waals surface area contributed by atoms with Crippen LogP contribution in [0.4, 0.5) is 0 Å². The molecule has 0 atom stereocenters. The average Bonchev–Trinajstić information content (AvgIpc) is 3.40. The van der Waals surface area contributed by atoms with Crippen LogP contribution in [0.1, 0.15) is 41.5 Å². The predicted molar refractivity (Wildman–Crippen MR) is 233 cm³/mol. The standard InChI is InChI=1S/C52H38N4/c1-3-15-34(16-4-1)50-53-51(55-52(54-50)38-19-14-20-39(32-38)56-48-27-11-9-25-45(48)46-26-10-12-28-49(46)56)37-18-13-17-35(31-37)36-29-30-44-42-22-6-2-5-21-40(42)41-23-7-8-24-43(41)47(44)33-36/h1,3-4,6,8-20,22,24-33H,2,5,7,21,23H2. The summed E-state index contributed by atoms with van der Waals surface area (Å²) in [6.07, 6.45) is 15.2. The SMILES string of the molecule is C1=Cc2c(c3c(c4cc(-c5cccc(-c6nc(-c7ccccc7)nc(-c7cccc(-n8c9ccccc9c9ccccc98)c7)n6)c5)ccc24)C=CCC3)CCC1. The molecule has 7 aromatic carbocycles. The van der Waals surface area contributed by atoms with E-state index in [1.165, 1.54) is 55.7 Å². The van der Waals surface area contributed by atoms with Gasteiger partial charge in [-0.3, -0.25) is 0 Å². The number of hydrogen-bond donors (Lipinski definition) is 0. The van der Waals surface area contributed by atoms with Crippen LogP contribution in [0.5, 0.6) is 0 Å². The molecule has 0 saturated heterocycles. The van der Waals surface area contributed by atoms with Crippen LogP contribution in [0, 0.1) is 0 Å². The van der Waals surface area contributed by atoms with E-state index < -0.39 is 0 Å². The van der Waals surface area contributed by atoms with E-state index >= 15 is 0 Å². The number of fused-ring (bicyclic) bond motifs is 9. The number of nitrogens with zero attached hydrogens (tertiary/aromatic N) is 4. The molecule has 2 aliphatic rings. The Morgan fingerprint density at radius 3 is 1.73 bits per heavy atom. The molecule has 4 nitrogen and oxygen atoms in total. The van der Waals surface area contributed by atoms with E-state index in [1.807, 2.05) is 18.2 Å². The molecule has 0 saturated carbocycles. The lowest BCUT2D eigenvalue weighted by atomic mass is 9.82. The molecule has 2 aliphatic carbocycles. The monoisotopic (exact) mass is 718 g/mol. The van der Waals surface area contributed by atoms with E-state index in [0.717, 1.165) is 53.6 Å². The van der Waals surface area contributed by atoms with Crippen molar-refractivity contribution in [3.63, 3.8) is 0 Å². The van der Waals surface area contributed by atoms with E-state index in [-0.39, 0.29) is 0 Å². The third-order valence-corrected chi connectivity index (χ3v) is 11.6. The Bertz CT molecular complexity index is 3000. The maximum Gasteiger partial charge on any atom is 0.164 e. The molecule has 4 heteroatoms. The second-order valence-corrected chi connectivity index (χ2v) is 15.0. The van der Waals surface area contributed by atoms with Gasteiger partial charge in [0.25, 0.3) is 0 Å². The smallest absolute Gasteiger partial charge is 0.164 e. The highest BCUT2D eigenvalue weighted by molar-refractivity contribution is 6.09. The molecule has 266 valence electrons. The van der Waals surface area contributed by atoms with Crippen LogP contribution in [0.2, 0.25) is 0 Å². The Hall–Kier alpha value is -6.91. The van der Waals surface area contributed by atoms with Gasteiger partial charge < -0.3 is 4.57 Å². The second kappa shape index (κ2) is 13.4. The van der Waals surface area contributed by atoms with E-state index in [9.17, 15) is 0 Å². The van der Waals surface area contributed by atoms with Crippen LogP contribution in [0.25, 0.3) is 95.7 Å². The first-order valence-electron chi connectivity index (χ1n) is 19.7. The Labute approximate surface area is 326 Å². The number of rotatable bonds is 5. The lowest BCUT2D eigenvalue weighted by Gasteiger charge is -2.22. The zero-order valence-corrected chi connectivity index (χ0v) is 31.0. The lowest BCUT2D eigenvalue weighted by Crippen LogP contribution is -2.04.